The summed E-state index contributed by atoms with van der Waals surface area (Å²) in [6.07, 6.45) is 1.35. The van der Waals surface area contributed by atoms with Gasteiger partial charge in [-0.1, -0.05) is 49.4 Å². The molecule has 0 aromatic heterocycles. The molecule has 0 aliphatic carbocycles. The normalized spacial score (nSPS) is 11.9. The van der Waals surface area contributed by atoms with E-state index in [0.29, 0.717) is 6.42 Å². The zero-order valence-electron chi connectivity index (χ0n) is 12.0. The predicted molar refractivity (Wildman–Crippen MR) is 81.2 cm³/mol. The Bertz CT molecular complexity index is 543. The van der Waals surface area contributed by atoms with Crippen LogP contribution in [0.25, 0.3) is 0 Å². The number of hydrogen-bond donors (Lipinski definition) is 0. The third-order valence-electron chi connectivity index (χ3n) is 3.60. The van der Waals surface area contributed by atoms with Gasteiger partial charge in [-0.15, -0.1) is 0 Å². The zero-order chi connectivity index (χ0) is 14.4. The molecule has 2 aromatic rings. The lowest BCUT2D eigenvalue weighted by molar-refractivity contribution is -0.120. The molecule has 0 amide bonds. The number of ether oxygens (including phenoxy) is 1. The molecule has 0 aliphatic heterocycles. The average molecular weight is 268 g/mol. The Morgan fingerprint density at radius 1 is 1.05 bits per heavy atom. The number of carbonyl (C=O) groups is 1. The number of methoxy groups -OCH3 is 1. The van der Waals surface area contributed by atoms with E-state index in [2.05, 4.69) is 0 Å². The Morgan fingerprint density at radius 2 is 1.70 bits per heavy atom. The van der Waals surface area contributed by atoms with Gasteiger partial charge in [-0.05, 0) is 29.7 Å². The second-order valence-corrected chi connectivity index (χ2v) is 4.95. The first-order chi connectivity index (χ1) is 9.70. The number of ketones is 1. The summed E-state index contributed by atoms with van der Waals surface area (Å²) < 4.78 is 5.12. The Kier molecular flexibility index (Phi) is 4.94. The van der Waals surface area contributed by atoms with Gasteiger partial charge >= 0.3 is 0 Å². The minimum absolute atomic E-state index is 0.0329. The summed E-state index contributed by atoms with van der Waals surface area (Å²) in [5.74, 6) is 1.10. The highest BCUT2D eigenvalue weighted by molar-refractivity contribution is 5.85. The van der Waals surface area contributed by atoms with E-state index < -0.39 is 0 Å². The molecule has 0 spiro atoms. The van der Waals surface area contributed by atoms with Crippen molar-refractivity contribution in [2.24, 2.45) is 0 Å². The molecule has 0 aliphatic rings. The molecular weight excluding hydrogens is 248 g/mol. The van der Waals surface area contributed by atoms with Gasteiger partial charge in [0.2, 0.25) is 0 Å². The number of Topliss-reactive ketones (excluding diaryl/α,β-unsaturated/α-hetero) is 1. The highest BCUT2D eigenvalue weighted by Crippen LogP contribution is 2.19. The van der Waals surface area contributed by atoms with Gasteiger partial charge in [-0.25, -0.2) is 0 Å². The first-order valence-corrected chi connectivity index (χ1v) is 6.91. The largest absolute Gasteiger partial charge is 0.497 e. The van der Waals surface area contributed by atoms with Crippen molar-refractivity contribution in [2.75, 3.05) is 7.11 Å². The molecule has 2 aromatic carbocycles. The lowest BCUT2D eigenvalue weighted by Gasteiger charge is -2.10. The van der Waals surface area contributed by atoms with Gasteiger partial charge < -0.3 is 4.74 Å². The van der Waals surface area contributed by atoms with Crippen molar-refractivity contribution in [1.29, 1.82) is 0 Å². The van der Waals surface area contributed by atoms with Crippen LogP contribution in [0, 0.1) is 0 Å². The first kappa shape index (κ1) is 14.3. The molecule has 20 heavy (non-hydrogen) atoms. The van der Waals surface area contributed by atoms with E-state index in [1.165, 1.54) is 5.56 Å². The second kappa shape index (κ2) is 6.90. The molecule has 0 radical (unpaired) electrons. The second-order valence-electron chi connectivity index (χ2n) is 4.95. The van der Waals surface area contributed by atoms with Crippen LogP contribution in [0.2, 0.25) is 0 Å². The zero-order valence-corrected chi connectivity index (χ0v) is 12.0. The lowest BCUT2D eigenvalue weighted by Crippen LogP contribution is -2.10. The Balaban J connectivity index is 1.91. The lowest BCUT2D eigenvalue weighted by atomic mass is 9.93. The van der Waals surface area contributed by atoms with Crippen LogP contribution >= 0.6 is 0 Å². The topological polar surface area (TPSA) is 26.3 Å². The average Bonchev–Trinajstić information content (AvgIpc) is 2.53. The van der Waals surface area contributed by atoms with Crippen molar-refractivity contribution in [3.8, 4) is 5.75 Å². The molecule has 2 heteroatoms. The molecule has 2 rings (SSSR count). The van der Waals surface area contributed by atoms with E-state index in [0.717, 1.165) is 17.7 Å². The molecule has 104 valence electrons. The van der Waals surface area contributed by atoms with Crippen molar-refractivity contribution in [3.63, 3.8) is 0 Å². The van der Waals surface area contributed by atoms with Crippen LogP contribution in [-0.2, 0) is 11.2 Å². The summed E-state index contributed by atoms with van der Waals surface area (Å²) in [4.78, 5) is 12.2. The summed E-state index contributed by atoms with van der Waals surface area (Å²) in [6, 6.07) is 17.8. The summed E-state index contributed by atoms with van der Waals surface area (Å²) in [7, 11) is 1.65. The van der Waals surface area contributed by atoms with Gasteiger partial charge in [0.05, 0.1) is 7.11 Å². The SMILES string of the molecule is COc1ccc(CCC(=O)[C@H](C)c2ccccc2)cc1. The molecule has 2 nitrogen and oxygen atoms in total. The molecule has 0 saturated heterocycles. The summed E-state index contributed by atoms with van der Waals surface area (Å²) >= 11 is 0. The minimum Gasteiger partial charge on any atom is -0.497 e. The van der Waals surface area contributed by atoms with Gasteiger partial charge in [-0.2, -0.15) is 0 Å². The van der Waals surface area contributed by atoms with Crippen molar-refractivity contribution in [1.82, 2.24) is 0 Å². The summed E-state index contributed by atoms with van der Waals surface area (Å²) in [5, 5.41) is 0. The standard InChI is InChI=1S/C18H20O2/c1-14(16-6-4-3-5-7-16)18(19)13-10-15-8-11-17(20-2)12-9-15/h3-9,11-12,14H,10,13H2,1-2H3/t14-/m1/s1. The number of rotatable bonds is 6. The predicted octanol–water partition coefficient (Wildman–Crippen LogP) is 4.00. The summed E-state index contributed by atoms with van der Waals surface area (Å²) in [5.41, 5.74) is 2.26. The van der Waals surface area contributed by atoms with E-state index in [1.807, 2.05) is 61.5 Å². The Hall–Kier alpha value is -2.09. The van der Waals surface area contributed by atoms with Crippen LogP contribution in [-0.4, -0.2) is 12.9 Å². The highest BCUT2D eigenvalue weighted by Gasteiger charge is 2.14. The van der Waals surface area contributed by atoms with E-state index in [4.69, 9.17) is 4.74 Å². The molecule has 0 fully saturated rings. The third-order valence-corrected chi connectivity index (χ3v) is 3.60. The minimum atomic E-state index is -0.0329. The molecule has 0 unspecified atom stereocenters. The molecule has 0 N–H and O–H groups in total. The Labute approximate surface area is 120 Å². The fourth-order valence-corrected chi connectivity index (χ4v) is 2.20. The van der Waals surface area contributed by atoms with Crippen molar-refractivity contribution < 1.29 is 9.53 Å². The van der Waals surface area contributed by atoms with Gasteiger partial charge in [0, 0.05) is 12.3 Å². The fourth-order valence-electron chi connectivity index (χ4n) is 2.20. The van der Waals surface area contributed by atoms with E-state index in [1.54, 1.807) is 7.11 Å². The first-order valence-electron chi connectivity index (χ1n) is 6.91. The van der Waals surface area contributed by atoms with E-state index in [-0.39, 0.29) is 11.7 Å². The van der Waals surface area contributed by atoms with Crippen molar-refractivity contribution in [2.45, 2.75) is 25.7 Å². The van der Waals surface area contributed by atoms with Gasteiger partial charge in [0.15, 0.2) is 0 Å². The van der Waals surface area contributed by atoms with Crippen LogP contribution in [0.5, 0.6) is 5.75 Å². The Morgan fingerprint density at radius 3 is 2.30 bits per heavy atom. The molecule has 0 bridgehead atoms. The third kappa shape index (κ3) is 3.70. The molecule has 1 atom stereocenters. The van der Waals surface area contributed by atoms with Gasteiger partial charge in [0.1, 0.15) is 11.5 Å². The van der Waals surface area contributed by atoms with Crippen LogP contribution in [0.4, 0.5) is 0 Å². The fraction of sp³-hybridized carbons (Fsp3) is 0.278. The number of aryl methyl sites for hydroxylation is 1. The number of benzene rings is 2. The molecule has 0 heterocycles. The number of hydrogen-bond acceptors (Lipinski definition) is 2. The van der Waals surface area contributed by atoms with Crippen LogP contribution in [0.3, 0.4) is 0 Å². The van der Waals surface area contributed by atoms with E-state index in [9.17, 15) is 4.79 Å². The quantitative estimate of drug-likeness (QED) is 0.791. The maximum atomic E-state index is 12.2. The summed E-state index contributed by atoms with van der Waals surface area (Å²) in [6.45, 7) is 1.98. The maximum Gasteiger partial charge on any atom is 0.140 e. The molecular formula is C18H20O2. The van der Waals surface area contributed by atoms with Crippen molar-refractivity contribution >= 4 is 5.78 Å². The monoisotopic (exact) mass is 268 g/mol. The maximum absolute atomic E-state index is 12.2. The smallest absolute Gasteiger partial charge is 0.140 e. The van der Waals surface area contributed by atoms with Crippen LogP contribution in [0.15, 0.2) is 54.6 Å². The van der Waals surface area contributed by atoms with Crippen LogP contribution in [0.1, 0.15) is 30.4 Å². The number of carbonyl (C=O) groups excluding carboxylic acids is 1. The van der Waals surface area contributed by atoms with E-state index >= 15 is 0 Å². The highest BCUT2D eigenvalue weighted by atomic mass is 16.5. The van der Waals surface area contributed by atoms with Crippen LogP contribution < -0.4 is 4.74 Å². The molecule has 0 saturated carbocycles. The van der Waals surface area contributed by atoms with Gasteiger partial charge in [-0.3, -0.25) is 4.79 Å². The van der Waals surface area contributed by atoms with Gasteiger partial charge in [0.25, 0.3) is 0 Å². The van der Waals surface area contributed by atoms with Crippen molar-refractivity contribution in [3.05, 3.63) is 65.7 Å².